The van der Waals surface area contributed by atoms with Gasteiger partial charge in [0.2, 0.25) is 0 Å². The van der Waals surface area contributed by atoms with E-state index in [-0.39, 0.29) is 17.9 Å². The Morgan fingerprint density at radius 2 is 2.06 bits per heavy atom. The van der Waals surface area contributed by atoms with Crippen LogP contribution in [0.15, 0.2) is 0 Å². The third-order valence-electron chi connectivity index (χ3n) is 3.05. The van der Waals surface area contributed by atoms with Gasteiger partial charge in [0.1, 0.15) is 6.10 Å². The monoisotopic (exact) mass is 245 g/mol. The van der Waals surface area contributed by atoms with Crippen LogP contribution in [-0.4, -0.2) is 24.9 Å². The minimum Gasteiger partial charge on any atom is -0.368 e. The molecule has 0 aromatic rings. The number of carbonyl (C=O) groups is 1. The highest BCUT2D eigenvalue weighted by Gasteiger charge is 2.25. The quantitative estimate of drug-likeness (QED) is 0.731. The van der Waals surface area contributed by atoms with E-state index in [1.54, 1.807) is 0 Å². The van der Waals surface area contributed by atoms with Crippen molar-refractivity contribution >= 4 is 17.9 Å². The van der Waals surface area contributed by atoms with Crippen molar-refractivity contribution in [1.82, 2.24) is 4.72 Å². The third kappa shape index (κ3) is 4.34. The molecule has 1 rings (SSSR count). The van der Waals surface area contributed by atoms with E-state index in [1.165, 1.54) is 37.6 Å². The fourth-order valence-corrected chi connectivity index (χ4v) is 2.46. The normalized spacial score (nSPS) is 19.0. The number of amides is 1. The summed E-state index contributed by atoms with van der Waals surface area (Å²) < 4.78 is 8.53. The Bertz CT molecular complexity index is 215. The largest absolute Gasteiger partial charge is 0.368 e. The average molecular weight is 245 g/mol. The Balaban J connectivity index is 2.34. The number of ether oxygens (including phenoxy) is 1. The molecule has 0 spiro atoms. The molecule has 16 heavy (non-hydrogen) atoms. The number of hydrogen-bond acceptors (Lipinski definition) is 3. The summed E-state index contributed by atoms with van der Waals surface area (Å²) in [7, 11) is 0. The van der Waals surface area contributed by atoms with Gasteiger partial charge in [0.15, 0.2) is 0 Å². The maximum absolute atomic E-state index is 11.7. The van der Waals surface area contributed by atoms with E-state index < -0.39 is 0 Å². The van der Waals surface area contributed by atoms with Gasteiger partial charge in [0.25, 0.3) is 5.91 Å². The van der Waals surface area contributed by atoms with E-state index in [4.69, 9.17) is 4.74 Å². The van der Waals surface area contributed by atoms with Gasteiger partial charge in [-0.3, -0.25) is 9.52 Å². The lowest BCUT2D eigenvalue weighted by molar-refractivity contribution is -0.134. The predicted octanol–water partition coefficient (Wildman–Crippen LogP) is 2.61. The molecule has 0 aliphatic heterocycles. The summed E-state index contributed by atoms with van der Waals surface area (Å²) >= 11 is 1.33. The molecule has 1 unspecified atom stereocenters. The van der Waals surface area contributed by atoms with Crippen molar-refractivity contribution in [2.75, 3.05) is 12.9 Å². The Morgan fingerprint density at radius 3 is 2.56 bits per heavy atom. The molecule has 0 heterocycles. The summed E-state index contributed by atoms with van der Waals surface area (Å²) in [6.45, 7) is 4.79. The van der Waals surface area contributed by atoms with Crippen molar-refractivity contribution in [3.8, 4) is 0 Å². The number of hydrogen-bond donors (Lipinski definition) is 1. The molecular weight excluding hydrogens is 222 g/mol. The standard InChI is InChI=1S/C12H23NO2S/c1-9(2)11(12(14)13-16-3)15-8-10-6-4-5-7-10/h9-11H,4-8H2,1-3H3,(H,13,14). The van der Waals surface area contributed by atoms with E-state index in [0.717, 1.165) is 6.61 Å². The molecule has 0 saturated heterocycles. The fraction of sp³-hybridized carbons (Fsp3) is 0.917. The van der Waals surface area contributed by atoms with Crippen LogP contribution < -0.4 is 4.72 Å². The van der Waals surface area contributed by atoms with Gasteiger partial charge in [-0.25, -0.2) is 0 Å². The summed E-state index contributed by atoms with van der Waals surface area (Å²) in [4.78, 5) is 11.7. The van der Waals surface area contributed by atoms with Crippen LogP contribution in [-0.2, 0) is 9.53 Å². The molecule has 0 aromatic heterocycles. The minimum absolute atomic E-state index is 0.000460. The first-order valence-corrected chi connectivity index (χ1v) is 7.32. The van der Waals surface area contributed by atoms with E-state index in [1.807, 2.05) is 20.1 Å². The van der Waals surface area contributed by atoms with E-state index >= 15 is 0 Å². The molecule has 94 valence electrons. The zero-order valence-corrected chi connectivity index (χ0v) is 11.3. The summed E-state index contributed by atoms with van der Waals surface area (Å²) in [5, 5.41) is 0. The van der Waals surface area contributed by atoms with Crippen LogP contribution in [0, 0.1) is 11.8 Å². The maximum atomic E-state index is 11.7. The Hall–Kier alpha value is -0.220. The summed E-state index contributed by atoms with van der Waals surface area (Å²) in [6, 6.07) is 0. The Labute approximate surface area is 103 Å². The first-order chi connectivity index (χ1) is 7.65. The second-order valence-corrected chi connectivity index (χ2v) is 5.43. The molecule has 1 N–H and O–H groups in total. The van der Waals surface area contributed by atoms with Gasteiger partial charge in [-0.05, 0) is 24.7 Å². The number of rotatable bonds is 6. The first kappa shape index (κ1) is 13.8. The molecule has 1 atom stereocenters. The summed E-state index contributed by atoms with van der Waals surface area (Å²) in [6.07, 6.45) is 6.71. The molecule has 4 heteroatoms. The maximum Gasteiger partial charge on any atom is 0.259 e. The topological polar surface area (TPSA) is 38.3 Å². The molecule has 0 aromatic carbocycles. The van der Waals surface area contributed by atoms with Gasteiger partial charge in [0, 0.05) is 6.26 Å². The van der Waals surface area contributed by atoms with Gasteiger partial charge in [-0.1, -0.05) is 38.6 Å². The van der Waals surface area contributed by atoms with Gasteiger partial charge in [0.05, 0.1) is 6.61 Å². The molecule has 3 nitrogen and oxygen atoms in total. The average Bonchev–Trinajstić information content (AvgIpc) is 2.70. The highest BCUT2D eigenvalue weighted by atomic mass is 32.2. The molecule has 0 bridgehead atoms. The summed E-state index contributed by atoms with van der Waals surface area (Å²) in [5.74, 6) is 0.900. The lowest BCUT2D eigenvalue weighted by atomic mass is 10.1. The lowest BCUT2D eigenvalue weighted by Gasteiger charge is -2.22. The van der Waals surface area contributed by atoms with Gasteiger partial charge >= 0.3 is 0 Å². The second-order valence-electron chi connectivity index (χ2n) is 4.82. The van der Waals surface area contributed by atoms with Gasteiger partial charge in [-0.15, -0.1) is 0 Å². The zero-order chi connectivity index (χ0) is 12.0. The molecule has 1 fully saturated rings. The smallest absolute Gasteiger partial charge is 0.259 e. The van der Waals surface area contributed by atoms with E-state index in [9.17, 15) is 4.79 Å². The van der Waals surface area contributed by atoms with Crippen molar-refractivity contribution < 1.29 is 9.53 Å². The molecule has 1 aliphatic rings. The molecular formula is C12H23NO2S. The van der Waals surface area contributed by atoms with Gasteiger partial charge < -0.3 is 4.74 Å². The van der Waals surface area contributed by atoms with E-state index in [2.05, 4.69) is 4.72 Å². The van der Waals surface area contributed by atoms with Crippen LogP contribution in [0.2, 0.25) is 0 Å². The Kier molecular flexibility index (Phi) is 6.21. The van der Waals surface area contributed by atoms with E-state index in [0.29, 0.717) is 5.92 Å². The lowest BCUT2D eigenvalue weighted by Crippen LogP contribution is -2.37. The fourth-order valence-electron chi connectivity index (χ4n) is 2.15. The van der Waals surface area contributed by atoms with Crippen molar-refractivity contribution in [2.45, 2.75) is 45.6 Å². The van der Waals surface area contributed by atoms with Crippen LogP contribution in [0.4, 0.5) is 0 Å². The highest BCUT2D eigenvalue weighted by Crippen LogP contribution is 2.25. The third-order valence-corrected chi connectivity index (χ3v) is 3.46. The minimum atomic E-state index is -0.298. The molecule has 1 aliphatic carbocycles. The van der Waals surface area contributed by atoms with Crippen molar-refractivity contribution in [3.63, 3.8) is 0 Å². The van der Waals surface area contributed by atoms with Crippen LogP contribution in [0.3, 0.4) is 0 Å². The van der Waals surface area contributed by atoms with Crippen molar-refractivity contribution in [2.24, 2.45) is 11.8 Å². The highest BCUT2D eigenvalue weighted by molar-refractivity contribution is 7.97. The predicted molar refractivity (Wildman–Crippen MR) is 68.2 cm³/mol. The van der Waals surface area contributed by atoms with Crippen LogP contribution in [0.1, 0.15) is 39.5 Å². The number of carbonyl (C=O) groups excluding carboxylic acids is 1. The van der Waals surface area contributed by atoms with Crippen LogP contribution >= 0.6 is 11.9 Å². The second kappa shape index (κ2) is 7.17. The zero-order valence-electron chi connectivity index (χ0n) is 10.5. The molecule has 1 saturated carbocycles. The van der Waals surface area contributed by atoms with Crippen LogP contribution in [0.25, 0.3) is 0 Å². The Morgan fingerprint density at radius 1 is 1.44 bits per heavy atom. The van der Waals surface area contributed by atoms with Crippen LogP contribution in [0.5, 0.6) is 0 Å². The molecule has 0 radical (unpaired) electrons. The first-order valence-electron chi connectivity index (χ1n) is 6.09. The summed E-state index contributed by atoms with van der Waals surface area (Å²) in [5.41, 5.74) is 0. The molecule has 1 amide bonds. The number of nitrogens with one attached hydrogen (secondary N) is 1. The van der Waals surface area contributed by atoms with Crippen molar-refractivity contribution in [1.29, 1.82) is 0 Å². The van der Waals surface area contributed by atoms with Gasteiger partial charge in [-0.2, -0.15) is 0 Å². The van der Waals surface area contributed by atoms with Crippen molar-refractivity contribution in [3.05, 3.63) is 0 Å². The SMILES string of the molecule is CSNC(=O)C(OCC1CCCC1)C(C)C.